The minimum atomic E-state index is -0.218. The zero-order valence-corrected chi connectivity index (χ0v) is 14.1. The van der Waals surface area contributed by atoms with E-state index in [2.05, 4.69) is 15.5 Å². The van der Waals surface area contributed by atoms with Crippen molar-refractivity contribution in [2.24, 2.45) is 0 Å². The van der Waals surface area contributed by atoms with Crippen LogP contribution in [0.2, 0.25) is 5.02 Å². The third-order valence-electron chi connectivity index (χ3n) is 3.15. The number of carbonyl (C=O) groups is 1. The van der Waals surface area contributed by atoms with Crippen LogP contribution in [-0.2, 0) is 0 Å². The number of hydrogen-bond acceptors (Lipinski definition) is 5. The molecule has 1 N–H and O–H groups in total. The number of benzene rings is 1. The summed E-state index contributed by atoms with van der Waals surface area (Å²) in [5.41, 5.74) is 1.17. The van der Waals surface area contributed by atoms with Gasteiger partial charge in [-0.05, 0) is 35.7 Å². The van der Waals surface area contributed by atoms with Gasteiger partial charge in [0, 0.05) is 16.5 Å². The predicted molar refractivity (Wildman–Crippen MR) is 91.1 cm³/mol. The van der Waals surface area contributed by atoms with Gasteiger partial charge < -0.3 is 9.73 Å². The molecule has 0 atom stereocenters. The lowest BCUT2D eigenvalue weighted by Crippen LogP contribution is -2.11. The molecule has 0 radical (unpaired) electrons. The second kappa shape index (κ2) is 6.52. The number of amides is 1. The summed E-state index contributed by atoms with van der Waals surface area (Å²) >= 11 is 7.27. The molecule has 1 amide bonds. The van der Waals surface area contributed by atoms with E-state index in [1.165, 1.54) is 11.3 Å². The zero-order chi connectivity index (χ0) is 16.4. The Morgan fingerprint density at radius 2 is 1.96 bits per heavy atom. The van der Waals surface area contributed by atoms with Crippen LogP contribution in [0.5, 0.6) is 0 Å². The monoisotopic (exact) mass is 347 g/mol. The van der Waals surface area contributed by atoms with Crippen molar-refractivity contribution in [1.82, 2.24) is 10.2 Å². The van der Waals surface area contributed by atoms with Gasteiger partial charge in [-0.2, -0.15) is 0 Å². The fourth-order valence-electron chi connectivity index (χ4n) is 1.93. The van der Waals surface area contributed by atoms with Crippen LogP contribution in [-0.4, -0.2) is 16.1 Å². The van der Waals surface area contributed by atoms with Gasteiger partial charge in [0.1, 0.15) is 4.88 Å². The maximum atomic E-state index is 12.3. The summed E-state index contributed by atoms with van der Waals surface area (Å²) in [5.74, 6) is 0.923. The Balaban J connectivity index is 1.83. The van der Waals surface area contributed by atoms with Gasteiger partial charge in [0.15, 0.2) is 0 Å². The lowest BCUT2D eigenvalue weighted by atomic mass is 10.2. The molecule has 0 bridgehead atoms. The number of hydrogen-bond donors (Lipinski definition) is 1. The van der Waals surface area contributed by atoms with E-state index in [1.54, 1.807) is 24.3 Å². The first-order chi connectivity index (χ1) is 11.0. The van der Waals surface area contributed by atoms with Crippen LogP contribution in [0.1, 0.15) is 36.0 Å². The quantitative estimate of drug-likeness (QED) is 0.734. The van der Waals surface area contributed by atoms with Crippen molar-refractivity contribution in [2.45, 2.75) is 19.8 Å². The molecule has 3 rings (SSSR count). The molecule has 3 aromatic rings. The van der Waals surface area contributed by atoms with Gasteiger partial charge in [-0.25, -0.2) is 0 Å². The van der Waals surface area contributed by atoms with Crippen molar-refractivity contribution < 1.29 is 9.21 Å². The summed E-state index contributed by atoms with van der Waals surface area (Å²) < 4.78 is 5.65. The van der Waals surface area contributed by atoms with Crippen molar-refractivity contribution in [3.05, 3.63) is 52.2 Å². The van der Waals surface area contributed by atoms with Crippen LogP contribution in [0, 0.1) is 0 Å². The maximum absolute atomic E-state index is 12.3. The molecule has 0 fully saturated rings. The molecule has 0 aliphatic rings. The van der Waals surface area contributed by atoms with E-state index in [0.717, 1.165) is 4.88 Å². The van der Waals surface area contributed by atoms with Crippen LogP contribution in [0.15, 0.2) is 40.1 Å². The Labute approximate surface area is 142 Å². The van der Waals surface area contributed by atoms with E-state index < -0.39 is 0 Å². The number of anilines is 1. The molecular weight excluding hydrogens is 334 g/mol. The number of rotatable bonds is 4. The molecule has 2 heterocycles. The first kappa shape index (κ1) is 15.7. The maximum Gasteiger partial charge on any atom is 0.259 e. The smallest absolute Gasteiger partial charge is 0.259 e. The number of nitrogens with zero attached hydrogens (tertiary/aromatic N) is 2. The Hall–Kier alpha value is -2.18. The third-order valence-corrected chi connectivity index (χ3v) is 4.30. The Morgan fingerprint density at radius 3 is 2.61 bits per heavy atom. The number of thiophene rings is 1. The summed E-state index contributed by atoms with van der Waals surface area (Å²) in [6, 6.07) is 8.52. The van der Waals surface area contributed by atoms with Gasteiger partial charge >= 0.3 is 0 Å². The molecule has 0 saturated carbocycles. The predicted octanol–water partition coefficient (Wildman–Crippen LogP) is 4.83. The Bertz CT molecular complexity index is 824. The van der Waals surface area contributed by atoms with E-state index in [9.17, 15) is 4.79 Å². The normalized spacial score (nSPS) is 11.0. The summed E-state index contributed by atoms with van der Waals surface area (Å²) in [7, 11) is 0. The minimum Gasteiger partial charge on any atom is -0.420 e. The topological polar surface area (TPSA) is 68.0 Å². The third kappa shape index (κ3) is 3.43. The molecular formula is C16H14ClN3O2S. The molecule has 5 nitrogen and oxygen atoms in total. The number of nitrogens with one attached hydrogen (secondary N) is 1. The highest BCUT2D eigenvalue weighted by Gasteiger charge is 2.17. The summed E-state index contributed by atoms with van der Waals surface area (Å²) in [6.45, 7) is 3.96. The fourth-order valence-corrected chi connectivity index (χ4v) is 2.82. The molecule has 0 spiro atoms. The average Bonchev–Trinajstić information content (AvgIpc) is 3.16. The Morgan fingerprint density at radius 1 is 1.22 bits per heavy atom. The molecule has 0 aliphatic heterocycles. The van der Waals surface area contributed by atoms with Gasteiger partial charge in [0.25, 0.3) is 11.8 Å². The van der Waals surface area contributed by atoms with Gasteiger partial charge in [0.2, 0.25) is 5.89 Å². The van der Waals surface area contributed by atoms with Crippen LogP contribution >= 0.6 is 22.9 Å². The lowest BCUT2D eigenvalue weighted by Gasteiger charge is -2.05. The van der Waals surface area contributed by atoms with E-state index in [-0.39, 0.29) is 11.8 Å². The van der Waals surface area contributed by atoms with E-state index in [4.69, 9.17) is 16.0 Å². The van der Waals surface area contributed by atoms with Gasteiger partial charge in [-0.1, -0.05) is 25.4 Å². The molecule has 1 aromatic carbocycles. The molecule has 23 heavy (non-hydrogen) atoms. The highest BCUT2D eigenvalue weighted by molar-refractivity contribution is 7.14. The second-order valence-electron chi connectivity index (χ2n) is 5.22. The van der Waals surface area contributed by atoms with Crippen molar-refractivity contribution in [1.29, 1.82) is 0 Å². The highest BCUT2D eigenvalue weighted by atomic mass is 35.5. The minimum absolute atomic E-state index is 0.156. The van der Waals surface area contributed by atoms with Crippen LogP contribution in [0.4, 0.5) is 5.69 Å². The van der Waals surface area contributed by atoms with Gasteiger partial charge in [-0.3, -0.25) is 4.79 Å². The molecule has 0 aliphatic carbocycles. The van der Waals surface area contributed by atoms with Crippen molar-refractivity contribution in [2.75, 3.05) is 5.32 Å². The zero-order valence-electron chi connectivity index (χ0n) is 12.5. The summed E-state index contributed by atoms with van der Waals surface area (Å²) in [4.78, 5) is 13.0. The first-order valence-electron chi connectivity index (χ1n) is 7.03. The van der Waals surface area contributed by atoms with Crippen molar-refractivity contribution in [3.8, 4) is 10.8 Å². The first-order valence-corrected chi connectivity index (χ1v) is 8.28. The van der Waals surface area contributed by atoms with Crippen LogP contribution in [0.25, 0.3) is 10.8 Å². The average molecular weight is 348 g/mol. The molecule has 0 saturated heterocycles. The van der Waals surface area contributed by atoms with Crippen LogP contribution in [0.3, 0.4) is 0 Å². The largest absolute Gasteiger partial charge is 0.420 e. The standard InChI is InChI=1S/C16H14ClN3O2S/c1-9(2)15-19-20-16(22-15)13-12(7-8-23-13)18-14(21)10-3-5-11(17)6-4-10/h3-9H,1-2H3,(H,18,21). The Kier molecular flexibility index (Phi) is 4.45. The number of halogens is 1. The van der Waals surface area contributed by atoms with E-state index in [0.29, 0.717) is 28.1 Å². The second-order valence-corrected chi connectivity index (χ2v) is 6.58. The lowest BCUT2D eigenvalue weighted by molar-refractivity contribution is 0.102. The van der Waals surface area contributed by atoms with Gasteiger partial charge in [0.05, 0.1) is 5.69 Å². The highest BCUT2D eigenvalue weighted by Crippen LogP contribution is 2.33. The van der Waals surface area contributed by atoms with Crippen LogP contribution < -0.4 is 5.32 Å². The SMILES string of the molecule is CC(C)c1nnc(-c2sccc2NC(=O)c2ccc(Cl)cc2)o1. The molecule has 0 unspecified atom stereocenters. The molecule has 7 heteroatoms. The van der Waals surface area contributed by atoms with Gasteiger partial charge in [-0.15, -0.1) is 21.5 Å². The van der Waals surface area contributed by atoms with E-state index >= 15 is 0 Å². The number of aromatic nitrogens is 2. The fraction of sp³-hybridized carbons (Fsp3) is 0.188. The summed E-state index contributed by atoms with van der Waals surface area (Å²) in [5, 5.41) is 13.4. The molecule has 2 aromatic heterocycles. The molecule has 118 valence electrons. The van der Waals surface area contributed by atoms with Crippen molar-refractivity contribution >= 4 is 34.5 Å². The van der Waals surface area contributed by atoms with E-state index in [1.807, 2.05) is 25.3 Å². The number of carbonyl (C=O) groups excluding carboxylic acids is 1. The van der Waals surface area contributed by atoms with Crippen molar-refractivity contribution in [3.63, 3.8) is 0 Å². The summed E-state index contributed by atoms with van der Waals surface area (Å²) in [6.07, 6.45) is 0.